The molecule has 2 aromatic carbocycles. The van der Waals surface area contributed by atoms with Crippen LogP contribution in [-0.2, 0) is 27.2 Å². The minimum Gasteiger partial charge on any atom is -0.393 e. The fourth-order valence-electron chi connectivity index (χ4n) is 4.35. The Kier molecular flexibility index (Phi) is 6.92. The van der Waals surface area contributed by atoms with Crippen LogP contribution < -0.4 is 0 Å². The number of aliphatic hydroxyl groups is 2. The second-order valence-corrected chi connectivity index (χ2v) is 11.8. The number of imidazole rings is 1. The Hall–Kier alpha value is -3.28. The molecule has 1 aromatic heterocycles. The van der Waals surface area contributed by atoms with E-state index in [2.05, 4.69) is 4.98 Å². The number of aromatic nitrogens is 2. The van der Waals surface area contributed by atoms with Gasteiger partial charge in [0.15, 0.2) is 9.84 Å². The zero-order valence-corrected chi connectivity index (χ0v) is 21.6. The van der Waals surface area contributed by atoms with Gasteiger partial charge >= 0.3 is 6.18 Å². The minimum absolute atomic E-state index is 0.0264. The normalized spacial score (nSPS) is 20.4. The van der Waals surface area contributed by atoms with Crippen LogP contribution >= 0.6 is 0 Å². The molecule has 11 heteroatoms. The highest BCUT2D eigenvalue weighted by Crippen LogP contribution is 2.43. The average molecular weight is 551 g/mol. The number of nitrogens with zero attached hydrogens (tertiary/aromatic N) is 2. The molecule has 0 amide bonds. The molecule has 3 aromatic rings. The maximum Gasteiger partial charge on any atom is 0.417 e. The van der Waals surface area contributed by atoms with Gasteiger partial charge in [0.1, 0.15) is 22.8 Å². The van der Waals surface area contributed by atoms with Crippen molar-refractivity contribution in [2.45, 2.75) is 42.0 Å². The van der Waals surface area contributed by atoms with Gasteiger partial charge in [-0.3, -0.25) is 0 Å². The van der Waals surface area contributed by atoms with Crippen molar-refractivity contribution in [2.75, 3.05) is 12.9 Å². The molecule has 4 rings (SSSR count). The highest BCUT2D eigenvalue weighted by molar-refractivity contribution is 7.90. The molecule has 2 unspecified atom stereocenters. The molecule has 6 nitrogen and oxygen atoms in total. The van der Waals surface area contributed by atoms with Gasteiger partial charge in [0, 0.05) is 23.9 Å². The van der Waals surface area contributed by atoms with Crippen LogP contribution in [0.3, 0.4) is 0 Å². The Morgan fingerprint density at radius 2 is 1.79 bits per heavy atom. The first-order valence-electron chi connectivity index (χ1n) is 11.6. The van der Waals surface area contributed by atoms with Gasteiger partial charge < -0.3 is 14.8 Å². The molecule has 0 fully saturated rings. The molecule has 202 valence electrons. The van der Waals surface area contributed by atoms with Crippen LogP contribution in [0, 0.1) is 0 Å². The maximum absolute atomic E-state index is 16.0. The quantitative estimate of drug-likeness (QED) is 0.329. The smallest absolute Gasteiger partial charge is 0.393 e. The first-order valence-corrected chi connectivity index (χ1v) is 13.4. The monoisotopic (exact) mass is 550 g/mol. The van der Waals surface area contributed by atoms with Gasteiger partial charge in [-0.05, 0) is 43.7 Å². The van der Waals surface area contributed by atoms with Crippen molar-refractivity contribution in [1.29, 1.82) is 0 Å². The number of sulfone groups is 1. The number of hydrogen-bond donors (Lipinski definition) is 2. The Labute approximate surface area is 217 Å². The molecule has 0 aliphatic heterocycles. The van der Waals surface area contributed by atoms with Gasteiger partial charge in [-0.15, -0.1) is 0 Å². The van der Waals surface area contributed by atoms with Crippen molar-refractivity contribution in [3.05, 3.63) is 95.6 Å². The Balaban J connectivity index is 1.90. The molecule has 38 heavy (non-hydrogen) atoms. The molecule has 2 atom stereocenters. The van der Waals surface area contributed by atoms with Gasteiger partial charge in [0.05, 0.1) is 22.8 Å². The molecule has 0 spiro atoms. The third-order valence-electron chi connectivity index (χ3n) is 6.47. The van der Waals surface area contributed by atoms with Crippen LogP contribution in [0.25, 0.3) is 11.4 Å². The predicted octanol–water partition coefficient (Wildman–Crippen LogP) is 5.09. The van der Waals surface area contributed by atoms with E-state index in [-0.39, 0.29) is 22.0 Å². The lowest BCUT2D eigenvalue weighted by molar-refractivity contribution is -0.137. The standard InChI is InChI=1S/C27H26F4N2O4S/c1-25(2,35)23-15-33(24(32-23)20-9-4-5-10-21(20)27(29,30)31)26(16-34)12-11-18(14-22(26)28)17-7-6-8-19(13-17)38(3,36)37/h4-15,18,34-35H,16H2,1-3H3. The molecular weight excluding hydrogens is 524 g/mol. The molecule has 2 N–H and O–H groups in total. The lowest BCUT2D eigenvalue weighted by Crippen LogP contribution is -2.38. The summed E-state index contributed by atoms with van der Waals surface area (Å²) in [4.78, 5) is 4.30. The SMILES string of the molecule is CC(C)(O)c1cn(C2(CO)C=CC(c3cccc(S(C)(=O)=O)c3)C=C2F)c(-c2ccccc2C(F)(F)F)n1. The Morgan fingerprint density at radius 3 is 2.37 bits per heavy atom. The number of alkyl halides is 3. The van der Waals surface area contributed by atoms with Crippen molar-refractivity contribution in [2.24, 2.45) is 0 Å². The van der Waals surface area contributed by atoms with E-state index in [9.17, 15) is 31.8 Å². The second-order valence-electron chi connectivity index (χ2n) is 9.75. The zero-order valence-electron chi connectivity index (χ0n) is 20.7. The van der Waals surface area contributed by atoms with Gasteiger partial charge in [0.2, 0.25) is 0 Å². The van der Waals surface area contributed by atoms with E-state index in [1.54, 1.807) is 6.07 Å². The lowest BCUT2D eigenvalue weighted by atomic mass is 9.85. The highest BCUT2D eigenvalue weighted by Gasteiger charge is 2.42. The Bertz CT molecular complexity index is 1530. The summed E-state index contributed by atoms with van der Waals surface area (Å²) in [5.41, 5.74) is -4.47. The fraction of sp³-hybridized carbons (Fsp3) is 0.296. The summed E-state index contributed by atoms with van der Waals surface area (Å²) in [5.74, 6) is -1.89. The molecule has 0 radical (unpaired) electrons. The van der Waals surface area contributed by atoms with Gasteiger partial charge in [-0.1, -0.05) is 42.5 Å². The summed E-state index contributed by atoms with van der Waals surface area (Å²) in [5, 5.41) is 21.0. The maximum atomic E-state index is 16.0. The first kappa shape index (κ1) is 27.7. The largest absolute Gasteiger partial charge is 0.417 e. The summed E-state index contributed by atoms with van der Waals surface area (Å²) >= 11 is 0. The van der Waals surface area contributed by atoms with E-state index < -0.39 is 51.1 Å². The van der Waals surface area contributed by atoms with Crippen LogP contribution in [0.2, 0.25) is 0 Å². The molecule has 0 saturated carbocycles. The number of benzene rings is 2. The Morgan fingerprint density at radius 1 is 1.11 bits per heavy atom. The summed E-state index contributed by atoms with van der Waals surface area (Å²) < 4.78 is 82.7. The second kappa shape index (κ2) is 9.48. The summed E-state index contributed by atoms with van der Waals surface area (Å²) in [6, 6.07) is 10.6. The highest BCUT2D eigenvalue weighted by atomic mass is 32.2. The molecule has 1 aliphatic rings. The van der Waals surface area contributed by atoms with Crippen molar-refractivity contribution < 1.29 is 36.2 Å². The number of hydrogen-bond acceptors (Lipinski definition) is 5. The average Bonchev–Trinajstić information content (AvgIpc) is 3.30. The van der Waals surface area contributed by atoms with E-state index in [0.29, 0.717) is 5.56 Å². The van der Waals surface area contributed by atoms with Crippen molar-refractivity contribution >= 4 is 9.84 Å². The molecule has 0 bridgehead atoms. The first-order chi connectivity index (χ1) is 17.6. The van der Waals surface area contributed by atoms with Crippen molar-refractivity contribution in [3.63, 3.8) is 0 Å². The number of aliphatic hydroxyl groups excluding tert-OH is 1. The lowest BCUT2D eigenvalue weighted by Gasteiger charge is -2.34. The van der Waals surface area contributed by atoms with Crippen LogP contribution in [-0.4, -0.2) is 41.0 Å². The third kappa shape index (κ3) is 5.05. The van der Waals surface area contributed by atoms with E-state index in [1.807, 2.05) is 0 Å². The van der Waals surface area contributed by atoms with Gasteiger partial charge in [-0.2, -0.15) is 13.2 Å². The topological polar surface area (TPSA) is 92.4 Å². The van der Waals surface area contributed by atoms with Gasteiger partial charge in [0.25, 0.3) is 0 Å². The summed E-state index contributed by atoms with van der Waals surface area (Å²) in [6.07, 6.45) is 1.54. The zero-order chi connectivity index (χ0) is 28.1. The van der Waals surface area contributed by atoms with Crippen LogP contribution in [0.5, 0.6) is 0 Å². The number of rotatable bonds is 6. The molecule has 1 aliphatic carbocycles. The van der Waals surface area contributed by atoms with Crippen molar-refractivity contribution in [1.82, 2.24) is 9.55 Å². The fourth-order valence-corrected chi connectivity index (χ4v) is 5.03. The molecular formula is C27H26F4N2O4S. The van der Waals surface area contributed by atoms with Crippen LogP contribution in [0.1, 0.15) is 36.6 Å². The predicted molar refractivity (Wildman–Crippen MR) is 134 cm³/mol. The minimum atomic E-state index is -4.75. The third-order valence-corrected chi connectivity index (χ3v) is 7.58. The number of allylic oxidation sites excluding steroid dienone is 2. The summed E-state index contributed by atoms with van der Waals surface area (Å²) in [6.45, 7) is 1.90. The van der Waals surface area contributed by atoms with Crippen LogP contribution in [0.15, 0.2) is 83.7 Å². The van der Waals surface area contributed by atoms with E-state index in [4.69, 9.17) is 0 Å². The van der Waals surface area contributed by atoms with E-state index in [1.165, 1.54) is 74.7 Å². The van der Waals surface area contributed by atoms with Crippen LogP contribution in [0.4, 0.5) is 17.6 Å². The van der Waals surface area contributed by atoms with Gasteiger partial charge in [-0.25, -0.2) is 17.8 Å². The van der Waals surface area contributed by atoms with E-state index in [0.717, 1.165) is 16.9 Å². The molecule has 0 saturated heterocycles. The van der Waals surface area contributed by atoms with E-state index >= 15 is 4.39 Å². The number of halogens is 4. The summed E-state index contributed by atoms with van der Waals surface area (Å²) in [7, 11) is -3.52. The van der Waals surface area contributed by atoms with Crippen molar-refractivity contribution in [3.8, 4) is 11.4 Å². The molecule has 1 heterocycles.